The van der Waals surface area contributed by atoms with Crippen molar-refractivity contribution in [3.05, 3.63) is 71.6 Å². The topological polar surface area (TPSA) is 83.0 Å². The van der Waals surface area contributed by atoms with Crippen LogP contribution in [0, 0.1) is 0 Å². The van der Waals surface area contributed by atoms with Gasteiger partial charge in [0.1, 0.15) is 11.8 Å². The second kappa shape index (κ2) is 8.55. The minimum atomic E-state index is -0.711. The van der Waals surface area contributed by atoms with Gasteiger partial charge in [-0.3, -0.25) is 19.5 Å². The quantitative estimate of drug-likeness (QED) is 0.474. The highest BCUT2D eigenvalue weighted by atomic mass is 16.5. The summed E-state index contributed by atoms with van der Waals surface area (Å²) in [6.45, 7) is 3.92. The minimum absolute atomic E-state index is 0.0851. The van der Waals surface area contributed by atoms with Gasteiger partial charge in [0.25, 0.3) is 11.7 Å². The smallest absolute Gasteiger partial charge is 0.295 e. The van der Waals surface area contributed by atoms with Gasteiger partial charge >= 0.3 is 0 Å². The number of aliphatic hydroxyl groups is 1. The van der Waals surface area contributed by atoms with Crippen LogP contribution in [0.25, 0.3) is 5.76 Å². The summed E-state index contributed by atoms with van der Waals surface area (Å²) in [4.78, 5) is 33.9. The molecule has 0 radical (unpaired) electrons. The SMILES string of the molecule is O=C1C(=O)N(CCN2CCOCC2)C(c2ccccn2)/C1=C(\O)c1ccccc1. The first-order valence-corrected chi connectivity index (χ1v) is 9.71. The van der Waals surface area contributed by atoms with Crippen LogP contribution in [-0.2, 0) is 14.3 Å². The van der Waals surface area contributed by atoms with Gasteiger partial charge in [-0.15, -0.1) is 0 Å². The number of pyridine rings is 1. The lowest BCUT2D eigenvalue weighted by Crippen LogP contribution is -2.42. The van der Waals surface area contributed by atoms with E-state index >= 15 is 0 Å². The van der Waals surface area contributed by atoms with Gasteiger partial charge in [0.05, 0.1) is 24.5 Å². The predicted octanol–water partition coefficient (Wildman–Crippen LogP) is 1.84. The highest BCUT2D eigenvalue weighted by molar-refractivity contribution is 6.46. The fourth-order valence-electron chi connectivity index (χ4n) is 3.78. The fraction of sp³-hybridized carbons (Fsp3) is 0.318. The number of ether oxygens (including phenoxy) is 1. The number of Topliss-reactive ketones (excluding diaryl/α,β-unsaturated/α-hetero) is 1. The molecular weight excluding hydrogens is 370 g/mol. The third-order valence-electron chi connectivity index (χ3n) is 5.32. The Morgan fingerprint density at radius 2 is 1.76 bits per heavy atom. The molecule has 1 atom stereocenters. The number of likely N-dealkylation sites (tertiary alicyclic amines) is 1. The van der Waals surface area contributed by atoms with E-state index in [1.165, 1.54) is 4.90 Å². The van der Waals surface area contributed by atoms with Crippen molar-refractivity contribution in [2.75, 3.05) is 39.4 Å². The molecule has 2 saturated heterocycles. The van der Waals surface area contributed by atoms with Crippen molar-refractivity contribution in [2.45, 2.75) is 6.04 Å². The molecule has 1 amide bonds. The summed E-state index contributed by atoms with van der Waals surface area (Å²) in [5.41, 5.74) is 1.15. The van der Waals surface area contributed by atoms with Gasteiger partial charge in [-0.25, -0.2) is 0 Å². The maximum atomic E-state index is 12.9. The van der Waals surface area contributed by atoms with Gasteiger partial charge in [0.2, 0.25) is 0 Å². The maximum absolute atomic E-state index is 12.9. The Balaban J connectivity index is 1.70. The van der Waals surface area contributed by atoms with Crippen LogP contribution in [0.2, 0.25) is 0 Å². The van der Waals surface area contributed by atoms with Crippen LogP contribution in [0.15, 0.2) is 60.3 Å². The molecule has 1 aromatic heterocycles. The molecule has 7 heteroatoms. The second-order valence-electron chi connectivity index (χ2n) is 7.07. The number of aliphatic hydroxyl groups excluding tert-OH is 1. The predicted molar refractivity (Wildman–Crippen MR) is 107 cm³/mol. The van der Waals surface area contributed by atoms with E-state index in [0.29, 0.717) is 37.6 Å². The van der Waals surface area contributed by atoms with Crippen LogP contribution in [-0.4, -0.2) is 71.0 Å². The standard InChI is InChI=1S/C22H23N3O4/c26-20(16-6-2-1-3-7-16)18-19(17-8-4-5-9-23-17)25(22(28)21(18)27)11-10-24-12-14-29-15-13-24/h1-9,19,26H,10-15H2/b20-18+. The summed E-state index contributed by atoms with van der Waals surface area (Å²) in [5, 5.41) is 10.9. The van der Waals surface area contributed by atoms with Gasteiger partial charge < -0.3 is 14.7 Å². The van der Waals surface area contributed by atoms with Gasteiger partial charge in [-0.2, -0.15) is 0 Å². The lowest BCUT2D eigenvalue weighted by Gasteiger charge is -2.30. The summed E-state index contributed by atoms with van der Waals surface area (Å²) in [7, 11) is 0. The van der Waals surface area contributed by atoms with E-state index in [-0.39, 0.29) is 11.3 Å². The number of ketones is 1. The molecule has 1 aromatic carbocycles. The van der Waals surface area contributed by atoms with E-state index in [1.807, 2.05) is 12.1 Å². The van der Waals surface area contributed by atoms with E-state index in [0.717, 1.165) is 13.1 Å². The van der Waals surface area contributed by atoms with Gasteiger partial charge in [0.15, 0.2) is 0 Å². The number of nitrogens with zero attached hydrogens (tertiary/aromatic N) is 3. The third kappa shape index (κ3) is 3.92. The largest absolute Gasteiger partial charge is 0.507 e. The molecule has 7 nitrogen and oxygen atoms in total. The molecule has 3 heterocycles. The third-order valence-corrected chi connectivity index (χ3v) is 5.32. The first kappa shape index (κ1) is 19.3. The Morgan fingerprint density at radius 1 is 1.03 bits per heavy atom. The number of carbonyl (C=O) groups is 2. The summed E-state index contributed by atoms with van der Waals surface area (Å²) in [6.07, 6.45) is 1.62. The van der Waals surface area contributed by atoms with E-state index in [4.69, 9.17) is 4.74 Å². The van der Waals surface area contributed by atoms with Crippen molar-refractivity contribution in [3.8, 4) is 0 Å². The number of benzene rings is 1. The van der Waals surface area contributed by atoms with Gasteiger partial charge in [0, 0.05) is 37.9 Å². The Labute approximate surface area is 169 Å². The summed E-state index contributed by atoms with van der Waals surface area (Å²) >= 11 is 0. The maximum Gasteiger partial charge on any atom is 0.295 e. The fourth-order valence-corrected chi connectivity index (χ4v) is 3.78. The number of aromatic nitrogens is 1. The molecule has 1 unspecified atom stereocenters. The average molecular weight is 393 g/mol. The zero-order valence-electron chi connectivity index (χ0n) is 16.0. The molecule has 1 N–H and O–H groups in total. The lowest BCUT2D eigenvalue weighted by molar-refractivity contribution is -0.140. The lowest BCUT2D eigenvalue weighted by atomic mass is 9.98. The van der Waals surface area contributed by atoms with Crippen LogP contribution >= 0.6 is 0 Å². The molecule has 0 spiro atoms. The van der Waals surface area contributed by atoms with Crippen molar-refractivity contribution < 1.29 is 19.4 Å². The van der Waals surface area contributed by atoms with Crippen LogP contribution in [0.5, 0.6) is 0 Å². The molecule has 0 bridgehead atoms. The molecule has 2 aliphatic rings. The van der Waals surface area contributed by atoms with Crippen LogP contribution in [0.4, 0.5) is 0 Å². The molecular formula is C22H23N3O4. The number of carbonyl (C=O) groups excluding carboxylic acids is 2. The Morgan fingerprint density at radius 3 is 2.45 bits per heavy atom. The van der Waals surface area contributed by atoms with Crippen molar-refractivity contribution in [2.24, 2.45) is 0 Å². The molecule has 150 valence electrons. The zero-order valence-corrected chi connectivity index (χ0v) is 16.0. The molecule has 2 fully saturated rings. The molecule has 2 aromatic rings. The summed E-state index contributed by atoms with van der Waals surface area (Å²) in [6, 6.07) is 13.5. The highest BCUT2D eigenvalue weighted by Gasteiger charge is 2.46. The number of hydrogen-bond donors (Lipinski definition) is 1. The first-order valence-electron chi connectivity index (χ1n) is 9.71. The van der Waals surface area contributed by atoms with E-state index in [1.54, 1.807) is 42.6 Å². The van der Waals surface area contributed by atoms with Crippen molar-refractivity contribution in [1.82, 2.24) is 14.8 Å². The zero-order chi connectivity index (χ0) is 20.2. The normalized spacial score (nSPS) is 22.2. The molecule has 29 heavy (non-hydrogen) atoms. The Kier molecular flexibility index (Phi) is 5.69. The van der Waals surface area contributed by atoms with Crippen molar-refractivity contribution >= 4 is 17.4 Å². The molecule has 0 aliphatic carbocycles. The van der Waals surface area contributed by atoms with Gasteiger partial charge in [-0.05, 0) is 12.1 Å². The van der Waals surface area contributed by atoms with Crippen LogP contribution < -0.4 is 0 Å². The first-order chi connectivity index (χ1) is 14.2. The summed E-state index contributed by atoms with van der Waals surface area (Å²) < 4.78 is 5.37. The van der Waals surface area contributed by atoms with E-state index < -0.39 is 17.7 Å². The molecule has 4 rings (SSSR count). The highest BCUT2D eigenvalue weighted by Crippen LogP contribution is 2.38. The van der Waals surface area contributed by atoms with Crippen LogP contribution in [0.3, 0.4) is 0 Å². The number of hydrogen-bond acceptors (Lipinski definition) is 6. The average Bonchev–Trinajstić information content (AvgIpc) is 3.04. The monoisotopic (exact) mass is 393 g/mol. The van der Waals surface area contributed by atoms with Crippen molar-refractivity contribution in [3.63, 3.8) is 0 Å². The number of morpholine rings is 1. The number of rotatable bonds is 5. The Hall–Kier alpha value is -3.03. The number of amides is 1. The van der Waals surface area contributed by atoms with E-state index in [9.17, 15) is 14.7 Å². The van der Waals surface area contributed by atoms with Gasteiger partial charge in [-0.1, -0.05) is 36.4 Å². The summed E-state index contributed by atoms with van der Waals surface area (Å²) in [5.74, 6) is -1.45. The second-order valence-corrected chi connectivity index (χ2v) is 7.07. The van der Waals surface area contributed by atoms with Crippen LogP contribution in [0.1, 0.15) is 17.3 Å². The Bertz CT molecular complexity index is 908. The molecule has 2 aliphatic heterocycles. The minimum Gasteiger partial charge on any atom is -0.507 e. The van der Waals surface area contributed by atoms with E-state index in [2.05, 4.69) is 9.88 Å². The molecule has 0 saturated carbocycles. The van der Waals surface area contributed by atoms with Crippen molar-refractivity contribution in [1.29, 1.82) is 0 Å².